The number of aromatic nitrogens is 2. The number of imidazole rings is 1. The molecule has 14 heavy (non-hydrogen) atoms. The smallest absolute Gasteiger partial charge is 0.168 e. The Balaban J connectivity index is 2.81. The molecule has 0 atom stereocenters. The number of nitrogens with one attached hydrogen (secondary N) is 1. The van der Waals surface area contributed by atoms with Crippen molar-refractivity contribution >= 4 is 27.0 Å². The van der Waals surface area contributed by atoms with E-state index >= 15 is 0 Å². The van der Waals surface area contributed by atoms with Gasteiger partial charge in [-0.2, -0.15) is 0 Å². The van der Waals surface area contributed by atoms with Gasteiger partial charge in [0.05, 0.1) is 9.99 Å². The third-order valence-electron chi connectivity index (χ3n) is 2.00. The maximum absolute atomic E-state index is 13.4. The van der Waals surface area contributed by atoms with Crippen molar-refractivity contribution in [2.45, 2.75) is 13.3 Å². The van der Waals surface area contributed by atoms with E-state index in [0.717, 1.165) is 0 Å². The van der Waals surface area contributed by atoms with Crippen molar-refractivity contribution < 1.29 is 8.78 Å². The Morgan fingerprint density at radius 3 is 2.86 bits per heavy atom. The Bertz CT molecular complexity index is 493. The highest BCUT2D eigenvalue weighted by Gasteiger charge is 2.14. The van der Waals surface area contributed by atoms with Crippen LogP contribution in [0.15, 0.2) is 10.5 Å². The molecule has 0 radical (unpaired) electrons. The molecule has 1 N–H and O–H groups in total. The van der Waals surface area contributed by atoms with Crippen LogP contribution in [0.3, 0.4) is 0 Å². The van der Waals surface area contributed by atoms with Crippen LogP contribution in [0.1, 0.15) is 12.7 Å². The summed E-state index contributed by atoms with van der Waals surface area (Å²) in [6, 6.07) is 1.23. The fourth-order valence-corrected chi connectivity index (χ4v) is 1.58. The number of H-pyrrole nitrogens is 1. The Labute approximate surface area is 87.5 Å². The van der Waals surface area contributed by atoms with Gasteiger partial charge in [0.2, 0.25) is 0 Å². The predicted octanol–water partition coefficient (Wildman–Crippen LogP) is 3.17. The van der Waals surface area contributed by atoms with Crippen LogP contribution < -0.4 is 0 Å². The molecule has 0 bridgehead atoms. The Kier molecular flexibility index (Phi) is 2.26. The summed E-state index contributed by atoms with van der Waals surface area (Å²) in [5.74, 6) is -0.631. The minimum Gasteiger partial charge on any atom is -0.342 e. The van der Waals surface area contributed by atoms with Gasteiger partial charge < -0.3 is 4.98 Å². The number of hydrogen-bond donors (Lipinski definition) is 1. The van der Waals surface area contributed by atoms with E-state index < -0.39 is 11.6 Å². The highest BCUT2D eigenvalue weighted by atomic mass is 79.9. The molecule has 74 valence electrons. The predicted molar refractivity (Wildman–Crippen MR) is 53.1 cm³/mol. The van der Waals surface area contributed by atoms with Gasteiger partial charge in [0.25, 0.3) is 0 Å². The molecule has 1 aromatic heterocycles. The molecule has 2 rings (SSSR count). The first-order valence-electron chi connectivity index (χ1n) is 4.15. The first kappa shape index (κ1) is 9.58. The standard InChI is InChI=1S/C9H7BrF2N2/c1-2-6-13-5-3-4(11)7(10)8(12)9(5)14-6/h3H,2H2,1H3,(H,13,14). The van der Waals surface area contributed by atoms with E-state index in [1.54, 1.807) is 0 Å². The minimum atomic E-state index is -0.657. The second-order valence-electron chi connectivity index (χ2n) is 2.92. The average Bonchev–Trinajstić information content (AvgIpc) is 2.57. The zero-order chi connectivity index (χ0) is 10.3. The molecule has 0 aliphatic rings. The van der Waals surface area contributed by atoms with Crippen LogP contribution in [0.2, 0.25) is 0 Å². The molecular weight excluding hydrogens is 254 g/mol. The van der Waals surface area contributed by atoms with Gasteiger partial charge in [0.15, 0.2) is 5.82 Å². The lowest BCUT2D eigenvalue weighted by molar-refractivity contribution is 0.579. The van der Waals surface area contributed by atoms with Gasteiger partial charge in [-0.15, -0.1) is 0 Å². The highest BCUT2D eigenvalue weighted by Crippen LogP contribution is 2.26. The lowest BCUT2D eigenvalue weighted by Crippen LogP contribution is -1.86. The van der Waals surface area contributed by atoms with Gasteiger partial charge in [0, 0.05) is 12.5 Å². The summed E-state index contributed by atoms with van der Waals surface area (Å²) in [6.45, 7) is 1.89. The highest BCUT2D eigenvalue weighted by molar-refractivity contribution is 9.10. The van der Waals surface area contributed by atoms with E-state index in [1.807, 2.05) is 6.92 Å². The zero-order valence-corrected chi connectivity index (χ0v) is 8.95. The molecular formula is C9H7BrF2N2. The fourth-order valence-electron chi connectivity index (χ4n) is 1.28. The maximum Gasteiger partial charge on any atom is 0.168 e. The number of aryl methyl sites for hydroxylation is 1. The molecule has 0 fully saturated rings. The summed E-state index contributed by atoms with van der Waals surface area (Å²) in [4.78, 5) is 6.85. The van der Waals surface area contributed by atoms with E-state index in [1.165, 1.54) is 6.07 Å². The van der Waals surface area contributed by atoms with E-state index in [9.17, 15) is 8.78 Å². The number of benzene rings is 1. The third-order valence-corrected chi connectivity index (χ3v) is 2.72. The van der Waals surface area contributed by atoms with E-state index in [2.05, 4.69) is 25.9 Å². The maximum atomic E-state index is 13.4. The molecule has 0 spiro atoms. The van der Waals surface area contributed by atoms with Crippen molar-refractivity contribution in [3.63, 3.8) is 0 Å². The first-order valence-corrected chi connectivity index (χ1v) is 4.95. The topological polar surface area (TPSA) is 28.7 Å². The number of hydrogen-bond acceptors (Lipinski definition) is 1. The molecule has 0 saturated heterocycles. The Hall–Kier alpha value is -0.970. The van der Waals surface area contributed by atoms with Crippen LogP contribution in [-0.4, -0.2) is 9.97 Å². The van der Waals surface area contributed by atoms with Crippen molar-refractivity contribution in [1.82, 2.24) is 9.97 Å². The van der Waals surface area contributed by atoms with Crippen molar-refractivity contribution in [3.8, 4) is 0 Å². The number of halogens is 3. The molecule has 2 nitrogen and oxygen atoms in total. The molecule has 1 aromatic carbocycles. The summed E-state index contributed by atoms with van der Waals surface area (Å²) in [6.07, 6.45) is 0.660. The molecule has 0 aliphatic heterocycles. The molecule has 1 heterocycles. The second-order valence-corrected chi connectivity index (χ2v) is 3.71. The number of rotatable bonds is 1. The number of nitrogens with zero attached hydrogens (tertiary/aromatic N) is 1. The van der Waals surface area contributed by atoms with Crippen molar-refractivity contribution in [2.75, 3.05) is 0 Å². The molecule has 0 saturated carbocycles. The average molecular weight is 261 g/mol. The minimum absolute atomic E-state index is 0.167. The van der Waals surface area contributed by atoms with E-state index in [4.69, 9.17) is 0 Å². The summed E-state index contributed by atoms with van der Waals surface area (Å²) in [7, 11) is 0. The molecule has 0 amide bonds. The monoisotopic (exact) mass is 260 g/mol. The van der Waals surface area contributed by atoms with Crippen LogP contribution in [0.25, 0.3) is 11.0 Å². The molecule has 0 aliphatic carbocycles. The van der Waals surface area contributed by atoms with Crippen molar-refractivity contribution in [3.05, 3.63) is 28.0 Å². The molecule has 0 unspecified atom stereocenters. The van der Waals surface area contributed by atoms with Crippen LogP contribution in [0.4, 0.5) is 8.78 Å². The third kappa shape index (κ3) is 1.32. The van der Waals surface area contributed by atoms with Crippen LogP contribution in [0.5, 0.6) is 0 Å². The zero-order valence-electron chi connectivity index (χ0n) is 7.37. The van der Waals surface area contributed by atoms with Gasteiger partial charge in [-0.25, -0.2) is 13.8 Å². The number of aromatic amines is 1. The number of fused-ring (bicyclic) bond motifs is 1. The molecule has 5 heteroatoms. The van der Waals surface area contributed by atoms with Crippen molar-refractivity contribution in [1.29, 1.82) is 0 Å². The SMILES string of the molecule is CCc1nc2c(F)c(Br)c(F)cc2[nH]1. The second kappa shape index (κ2) is 3.31. The van der Waals surface area contributed by atoms with Gasteiger partial charge in [-0.3, -0.25) is 0 Å². The Morgan fingerprint density at radius 1 is 1.50 bits per heavy atom. The Morgan fingerprint density at radius 2 is 2.21 bits per heavy atom. The van der Waals surface area contributed by atoms with E-state index in [-0.39, 0.29) is 9.99 Å². The summed E-state index contributed by atoms with van der Waals surface area (Å²) in [5.41, 5.74) is 0.565. The normalized spacial score (nSPS) is 11.1. The van der Waals surface area contributed by atoms with Gasteiger partial charge in [-0.05, 0) is 15.9 Å². The van der Waals surface area contributed by atoms with E-state index in [0.29, 0.717) is 17.8 Å². The molecule has 2 aromatic rings. The van der Waals surface area contributed by atoms with Gasteiger partial charge in [0.1, 0.15) is 17.2 Å². The lowest BCUT2D eigenvalue weighted by atomic mass is 10.3. The summed E-state index contributed by atoms with van der Waals surface area (Å²) in [5, 5.41) is 0. The van der Waals surface area contributed by atoms with Gasteiger partial charge >= 0.3 is 0 Å². The largest absolute Gasteiger partial charge is 0.342 e. The summed E-state index contributed by atoms with van der Waals surface area (Å²) < 4.78 is 26.4. The van der Waals surface area contributed by atoms with Crippen LogP contribution >= 0.6 is 15.9 Å². The van der Waals surface area contributed by atoms with Gasteiger partial charge in [-0.1, -0.05) is 6.92 Å². The summed E-state index contributed by atoms with van der Waals surface area (Å²) >= 11 is 2.83. The quantitative estimate of drug-likeness (QED) is 0.785. The van der Waals surface area contributed by atoms with Crippen molar-refractivity contribution in [2.24, 2.45) is 0 Å². The fraction of sp³-hybridized carbons (Fsp3) is 0.222. The van der Waals surface area contributed by atoms with Crippen LogP contribution in [0, 0.1) is 11.6 Å². The van der Waals surface area contributed by atoms with Crippen LogP contribution in [-0.2, 0) is 6.42 Å². The lowest BCUT2D eigenvalue weighted by Gasteiger charge is -1.96. The first-order chi connectivity index (χ1) is 6.63.